The van der Waals surface area contributed by atoms with Gasteiger partial charge >= 0.3 is 12.4 Å². The number of hydrogen-bond donors (Lipinski definition) is 7. The normalized spacial score (nSPS) is 12.1. The minimum Gasteiger partial charge on any atom is -0.506 e. The van der Waals surface area contributed by atoms with Gasteiger partial charge in [0, 0.05) is 16.1 Å². The van der Waals surface area contributed by atoms with Crippen LogP contribution >= 0.6 is 23.2 Å². The molecule has 19 nitrogen and oxygen atoms in total. The van der Waals surface area contributed by atoms with E-state index >= 15 is 0 Å². The summed E-state index contributed by atoms with van der Waals surface area (Å²) in [5.74, 6) is -2.90. The fraction of sp³-hybridized carbons (Fsp3) is 0.111. The summed E-state index contributed by atoms with van der Waals surface area (Å²) in [5, 5.41) is 20.1. The smallest absolute Gasteiger partial charge is 0.416 e. The Labute approximate surface area is 508 Å². The molecule has 0 aliphatic heterocycles. The van der Waals surface area contributed by atoms with Gasteiger partial charge in [0.2, 0.25) is 0 Å². The van der Waals surface area contributed by atoms with Crippen LogP contribution in [0.4, 0.5) is 63.6 Å². The molecule has 0 atom stereocenters. The average Bonchev–Trinajstić information content (AvgIpc) is 2.52. The van der Waals surface area contributed by atoms with Crippen molar-refractivity contribution in [2.75, 3.05) is 37.8 Å². The van der Waals surface area contributed by atoms with E-state index in [2.05, 4.69) is 18.9 Å². The minimum atomic E-state index is -4.67. The van der Waals surface area contributed by atoms with Gasteiger partial charge in [-0.3, -0.25) is 23.6 Å². The van der Waals surface area contributed by atoms with E-state index in [1.807, 2.05) is 4.72 Å². The molecule has 0 saturated carbocycles. The van der Waals surface area contributed by atoms with Crippen LogP contribution in [0.5, 0.6) is 23.0 Å². The second-order valence-corrected chi connectivity index (χ2v) is 27.1. The number of sulfonamides is 5. The molecule has 0 aliphatic carbocycles. The molecule has 0 spiro atoms. The highest BCUT2D eigenvalue weighted by Gasteiger charge is 2.33. The standard InChI is InChI=1S/C22H18F6N2O4S2.C20H18Cl2N2O7S2.C12H9F2NO3S/c1-13-11-19(29-35(31,32)17-7-3-15(4-8-17)21(23,24)25)20(12-14(13)2)30-36(33,34)18-9-5-16(6-10-18)22(26,27)28;1-30-16-8-6-12(21)10-18(16)32(26,27)23-14-4-3-5-15(25)20(14)24-33(28,29)19-11-13(22)7-9-17(19)31-2;13-8-5-6-12(9(14)7-8)19(17,18)15-10-3-1-2-4-11(10)16/h3-12,29-30H,1-2H3;3-11,23-25H,1-2H3;1-7,15-16H. The van der Waals surface area contributed by atoms with Gasteiger partial charge < -0.3 is 19.7 Å². The van der Waals surface area contributed by atoms with Crippen molar-refractivity contribution < 1.29 is 96.9 Å². The van der Waals surface area contributed by atoms with Crippen LogP contribution in [0, 0.1) is 25.5 Å². The molecule has 0 aromatic heterocycles. The van der Waals surface area contributed by atoms with Gasteiger partial charge in [-0.15, -0.1) is 0 Å². The van der Waals surface area contributed by atoms with Gasteiger partial charge in [0.05, 0.1) is 57.9 Å². The van der Waals surface area contributed by atoms with E-state index < -0.39 is 111 Å². The van der Waals surface area contributed by atoms with Crippen LogP contribution < -0.4 is 33.1 Å². The molecule has 0 heterocycles. The molecular formula is C54H45Cl2F8N5O14S5. The molecule has 8 aromatic carbocycles. The van der Waals surface area contributed by atoms with Crippen molar-refractivity contribution in [3.8, 4) is 23.0 Å². The molecule has 0 radical (unpaired) electrons. The predicted molar refractivity (Wildman–Crippen MR) is 311 cm³/mol. The molecular weight excluding hydrogens is 1330 g/mol. The Bertz CT molecular complexity index is 4390. The summed E-state index contributed by atoms with van der Waals surface area (Å²) in [4.78, 5) is -2.31. The number of nitrogens with one attached hydrogen (secondary N) is 5. The Balaban J connectivity index is 0.000000220. The van der Waals surface area contributed by atoms with Crippen LogP contribution in [0.3, 0.4) is 0 Å². The van der Waals surface area contributed by atoms with Gasteiger partial charge in [-0.2, -0.15) is 26.3 Å². The van der Waals surface area contributed by atoms with Gasteiger partial charge in [-0.1, -0.05) is 41.4 Å². The number of halogens is 10. The number of phenolic OH excluding ortho intramolecular Hbond substituents is 2. The number of rotatable bonds is 17. The van der Waals surface area contributed by atoms with E-state index in [0.29, 0.717) is 41.5 Å². The summed E-state index contributed by atoms with van der Waals surface area (Å²) in [6.45, 7) is 3.22. The number of aromatic hydroxyl groups is 2. The van der Waals surface area contributed by atoms with E-state index in [9.17, 15) is 87.4 Å². The molecule has 0 amide bonds. The van der Waals surface area contributed by atoms with Crippen molar-refractivity contribution in [1.82, 2.24) is 0 Å². The van der Waals surface area contributed by atoms with E-state index in [4.69, 9.17) is 32.7 Å². The zero-order valence-corrected chi connectivity index (χ0v) is 50.7. The van der Waals surface area contributed by atoms with Crippen molar-refractivity contribution in [2.24, 2.45) is 0 Å². The lowest BCUT2D eigenvalue weighted by atomic mass is 10.1. The van der Waals surface area contributed by atoms with Gasteiger partial charge in [0.15, 0.2) is 0 Å². The van der Waals surface area contributed by atoms with E-state index in [0.717, 1.165) is 42.5 Å². The maximum atomic E-state index is 13.4. The third-order valence-electron chi connectivity index (χ3n) is 11.8. The van der Waals surface area contributed by atoms with Crippen molar-refractivity contribution in [3.05, 3.63) is 202 Å². The molecule has 8 rings (SSSR count). The number of ether oxygens (including phenoxy) is 2. The fourth-order valence-corrected chi connectivity index (χ4v) is 13.6. The highest BCUT2D eigenvalue weighted by molar-refractivity contribution is 7.94. The Morgan fingerprint density at radius 2 is 0.795 bits per heavy atom. The molecule has 470 valence electrons. The van der Waals surface area contributed by atoms with Gasteiger partial charge in [0.1, 0.15) is 55.0 Å². The molecule has 34 heteroatoms. The molecule has 0 saturated heterocycles. The zero-order chi connectivity index (χ0) is 65.5. The van der Waals surface area contributed by atoms with Crippen LogP contribution in [0.1, 0.15) is 22.3 Å². The van der Waals surface area contributed by atoms with Crippen molar-refractivity contribution in [3.63, 3.8) is 0 Å². The first-order valence-electron chi connectivity index (χ1n) is 24.1. The minimum absolute atomic E-state index is 0.00637. The van der Waals surface area contributed by atoms with Crippen molar-refractivity contribution >= 4 is 102 Å². The highest BCUT2D eigenvalue weighted by atomic mass is 35.5. The quantitative estimate of drug-likeness (QED) is 0.0330. The van der Waals surface area contributed by atoms with Crippen LogP contribution in [0.25, 0.3) is 0 Å². The van der Waals surface area contributed by atoms with Crippen molar-refractivity contribution in [1.29, 1.82) is 0 Å². The predicted octanol–water partition coefficient (Wildman–Crippen LogP) is 12.7. The maximum Gasteiger partial charge on any atom is 0.416 e. The number of phenols is 2. The van der Waals surface area contributed by atoms with Crippen LogP contribution in [0.2, 0.25) is 10.0 Å². The molecule has 8 aromatic rings. The number of benzene rings is 8. The number of alkyl halides is 6. The van der Waals surface area contributed by atoms with Crippen LogP contribution in [0.15, 0.2) is 182 Å². The number of anilines is 5. The van der Waals surface area contributed by atoms with Crippen LogP contribution in [-0.4, -0.2) is 66.5 Å². The highest BCUT2D eigenvalue weighted by Crippen LogP contribution is 2.39. The van der Waals surface area contributed by atoms with E-state index in [-0.39, 0.29) is 59.8 Å². The second kappa shape index (κ2) is 27.0. The number of methoxy groups -OCH3 is 2. The topological polar surface area (TPSA) is 290 Å². The van der Waals surface area contributed by atoms with Gasteiger partial charge in [0.25, 0.3) is 50.1 Å². The monoisotopic (exact) mass is 1370 g/mol. The number of aryl methyl sites for hydroxylation is 2. The SMILES string of the molecule is COc1ccc(Cl)cc1S(=O)(=O)Nc1cccc(O)c1NS(=O)(=O)c1cc(Cl)ccc1OC.Cc1cc(NS(=O)(=O)c2ccc(C(F)(F)F)cc2)c(NS(=O)(=O)c2ccc(C(F)(F)F)cc2)cc1C.O=S(=O)(Nc1ccccc1O)c1ccc(F)cc1F. The Kier molecular flexibility index (Phi) is 21.1. The van der Waals surface area contributed by atoms with E-state index in [1.54, 1.807) is 13.8 Å². The molecule has 0 bridgehead atoms. The average molecular weight is 1370 g/mol. The van der Waals surface area contributed by atoms with E-state index in [1.165, 1.54) is 99.1 Å². The zero-order valence-electron chi connectivity index (χ0n) is 45.1. The summed E-state index contributed by atoms with van der Waals surface area (Å²) in [7, 11) is -19.2. The first kappa shape index (κ1) is 68.8. The first-order valence-corrected chi connectivity index (χ1v) is 32.3. The van der Waals surface area contributed by atoms with Gasteiger partial charge in [-0.25, -0.2) is 50.9 Å². The Morgan fingerprint density at radius 1 is 0.409 bits per heavy atom. The first-order chi connectivity index (χ1) is 40.8. The molecule has 0 aliphatic rings. The molecule has 0 fully saturated rings. The lowest BCUT2D eigenvalue weighted by Crippen LogP contribution is -2.18. The maximum absolute atomic E-state index is 13.4. The summed E-state index contributed by atoms with van der Waals surface area (Å²) in [5.41, 5.74) is -2.25. The lowest BCUT2D eigenvalue weighted by Gasteiger charge is -2.17. The Morgan fingerprint density at radius 3 is 1.22 bits per heavy atom. The summed E-state index contributed by atoms with van der Waals surface area (Å²) in [6, 6.07) is 27.4. The van der Waals surface area contributed by atoms with Gasteiger partial charge in [-0.05, 0) is 158 Å². The summed E-state index contributed by atoms with van der Waals surface area (Å²) < 4.78 is 251. The largest absolute Gasteiger partial charge is 0.506 e. The third kappa shape index (κ3) is 17.3. The summed E-state index contributed by atoms with van der Waals surface area (Å²) >= 11 is 11.9. The number of hydrogen-bond acceptors (Lipinski definition) is 14. The molecule has 88 heavy (non-hydrogen) atoms. The lowest BCUT2D eigenvalue weighted by molar-refractivity contribution is -0.138. The Hall–Kier alpha value is -8.27. The third-order valence-corrected chi connectivity index (χ3v) is 19.2. The summed E-state index contributed by atoms with van der Waals surface area (Å²) in [6.07, 6.45) is -9.35. The van der Waals surface area contributed by atoms with Crippen LogP contribution in [-0.2, 0) is 62.5 Å². The second-order valence-electron chi connectivity index (χ2n) is 17.9. The fourth-order valence-electron chi connectivity index (χ4n) is 7.33. The molecule has 0 unspecified atom stereocenters. The number of para-hydroxylation sites is 3. The van der Waals surface area contributed by atoms with Crippen molar-refractivity contribution in [2.45, 2.75) is 50.7 Å². The molecule has 7 N–H and O–H groups in total.